The number of ether oxygens (including phenoxy) is 1. The van der Waals surface area contributed by atoms with Crippen LogP contribution in [0, 0.1) is 5.92 Å². The zero-order valence-electron chi connectivity index (χ0n) is 17.0. The summed E-state index contributed by atoms with van der Waals surface area (Å²) in [6.45, 7) is 8.10. The Morgan fingerprint density at radius 1 is 1.18 bits per heavy atom. The predicted molar refractivity (Wildman–Crippen MR) is 118 cm³/mol. The number of hydrogen-bond donors (Lipinski definition) is 2. The van der Waals surface area contributed by atoms with Gasteiger partial charge in [-0.05, 0) is 67.9 Å². The molecule has 0 saturated carbocycles. The molecule has 152 valence electrons. The molecule has 1 saturated heterocycles. The van der Waals surface area contributed by atoms with Crippen molar-refractivity contribution in [2.45, 2.75) is 32.9 Å². The molecule has 3 rings (SSSR count). The highest BCUT2D eigenvalue weighted by atomic mass is 32.1. The standard InChI is InChI=1S/C22H32N4OS/c1-3-23-22(24-15-18-6-8-20(27-2)9-7-18)25-16-19-10-12-26(13-11-19)17-21-5-4-14-28-21/h4-9,14,19H,3,10-13,15-17H2,1-2H3,(H2,23,24,25). The maximum absolute atomic E-state index is 5.21. The number of nitrogens with zero attached hydrogens (tertiary/aromatic N) is 2. The van der Waals surface area contributed by atoms with E-state index in [4.69, 9.17) is 9.73 Å². The second-order valence-electron chi connectivity index (χ2n) is 7.22. The molecule has 0 aliphatic carbocycles. The molecule has 0 spiro atoms. The van der Waals surface area contributed by atoms with Gasteiger partial charge in [0.2, 0.25) is 0 Å². The Kier molecular flexibility index (Phi) is 8.18. The molecule has 0 bridgehead atoms. The van der Waals surface area contributed by atoms with Crippen molar-refractivity contribution in [1.82, 2.24) is 15.5 Å². The number of nitrogens with one attached hydrogen (secondary N) is 2. The molecule has 2 N–H and O–H groups in total. The first-order valence-corrected chi connectivity index (χ1v) is 11.0. The molecule has 0 atom stereocenters. The van der Waals surface area contributed by atoms with E-state index in [1.165, 1.54) is 36.4 Å². The fourth-order valence-electron chi connectivity index (χ4n) is 3.46. The van der Waals surface area contributed by atoms with Gasteiger partial charge in [-0.25, -0.2) is 4.99 Å². The number of thiophene rings is 1. The molecule has 1 aliphatic rings. The first-order chi connectivity index (χ1) is 13.8. The lowest BCUT2D eigenvalue weighted by molar-refractivity contribution is 0.179. The van der Waals surface area contributed by atoms with Gasteiger partial charge in [-0.1, -0.05) is 18.2 Å². The summed E-state index contributed by atoms with van der Waals surface area (Å²) in [4.78, 5) is 8.78. The average Bonchev–Trinajstić information content (AvgIpc) is 3.24. The van der Waals surface area contributed by atoms with Crippen molar-refractivity contribution >= 4 is 17.3 Å². The number of aliphatic imine (C=N–C) groups is 1. The van der Waals surface area contributed by atoms with Gasteiger partial charge in [0.1, 0.15) is 5.75 Å². The minimum Gasteiger partial charge on any atom is -0.497 e. The molecule has 2 aromatic rings. The molecular formula is C22H32N4OS. The predicted octanol–water partition coefficient (Wildman–Crippen LogP) is 3.72. The van der Waals surface area contributed by atoms with Gasteiger partial charge in [-0.2, -0.15) is 0 Å². The Morgan fingerprint density at radius 2 is 1.96 bits per heavy atom. The van der Waals surface area contributed by atoms with Crippen molar-refractivity contribution in [1.29, 1.82) is 0 Å². The van der Waals surface area contributed by atoms with Crippen molar-refractivity contribution in [3.63, 3.8) is 0 Å². The van der Waals surface area contributed by atoms with Gasteiger partial charge in [0.15, 0.2) is 5.96 Å². The largest absolute Gasteiger partial charge is 0.497 e. The Morgan fingerprint density at radius 3 is 2.61 bits per heavy atom. The van der Waals surface area contributed by atoms with E-state index in [-0.39, 0.29) is 0 Å². The Bertz CT molecular complexity index is 707. The van der Waals surface area contributed by atoms with Crippen molar-refractivity contribution in [2.24, 2.45) is 10.9 Å². The number of guanidine groups is 1. The topological polar surface area (TPSA) is 48.9 Å². The Labute approximate surface area is 172 Å². The summed E-state index contributed by atoms with van der Waals surface area (Å²) >= 11 is 1.86. The van der Waals surface area contributed by atoms with Gasteiger partial charge < -0.3 is 15.4 Å². The summed E-state index contributed by atoms with van der Waals surface area (Å²) in [6.07, 6.45) is 2.49. The molecule has 1 aromatic heterocycles. The molecule has 1 fully saturated rings. The van der Waals surface area contributed by atoms with E-state index < -0.39 is 0 Å². The summed E-state index contributed by atoms with van der Waals surface area (Å²) in [5, 5.41) is 9.07. The van der Waals surface area contributed by atoms with E-state index in [0.29, 0.717) is 12.5 Å². The van der Waals surface area contributed by atoms with Crippen LogP contribution in [0.2, 0.25) is 0 Å². The van der Waals surface area contributed by atoms with Crippen LogP contribution in [0.15, 0.2) is 46.8 Å². The van der Waals surface area contributed by atoms with E-state index in [2.05, 4.69) is 52.1 Å². The molecule has 5 nitrogen and oxygen atoms in total. The first kappa shape index (κ1) is 20.7. The van der Waals surface area contributed by atoms with Crippen molar-refractivity contribution in [2.75, 3.05) is 33.3 Å². The molecule has 6 heteroatoms. The number of piperidine rings is 1. The Balaban J connectivity index is 1.42. The summed E-state index contributed by atoms with van der Waals surface area (Å²) < 4.78 is 5.21. The van der Waals surface area contributed by atoms with Crippen LogP contribution in [0.1, 0.15) is 30.2 Å². The van der Waals surface area contributed by atoms with Crippen LogP contribution in [0.5, 0.6) is 5.75 Å². The minimum absolute atomic E-state index is 0.665. The fourth-order valence-corrected chi connectivity index (χ4v) is 4.20. The summed E-state index contributed by atoms with van der Waals surface area (Å²) in [7, 11) is 1.69. The van der Waals surface area contributed by atoms with E-state index in [0.717, 1.165) is 31.3 Å². The molecule has 0 amide bonds. The quantitative estimate of drug-likeness (QED) is 0.524. The Hall–Kier alpha value is -2.05. The number of methoxy groups -OCH3 is 1. The van der Waals surface area contributed by atoms with Gasteiger partial charge in [0.05, 0.1) is 13.7 Å². The van der Waals surface area contributed by atoms with Gasteiger partial charge in [-0.3, -0.25) is 4.90 Å². The number of hydrogen-bond acceptors (Lipinski definition) is 4. The fraction of sp³-hybridized carbons (Fsp3) is 0.500. The van der Waals surface area contributed by atoms with Gasteiger partial charge in [0.25, 0.3) is 0 Å². The summed E-state index contributed by atoms with van der Waals surface area (Å²) in [5.74, 6) is 2.49. The molecule has 0 radical (unpaired) electrons. The van der Waals surface area contributed by atoms with E-state index in [1.807, 2.05) is 23.5 Å². The van der Waals surface area contributed by atoms with Crippen LogP contribution in [-0.4, -0.2) is 44.1 Å². The first-order valence-electron chi connectivity index (χ1n) is 10.2. The minimum atomic E-state index is 0.665. The van der Waals surface area contributed by atoms with Crippen molar-refractivity contribution in [3.8, 4) is 5.75 Å². The second-order valence-corrected chi connectivity index (χ2v) is 8.26. The van der Waals surface area contributed by atoms with E-state index in [9.17, 15) is 0 Å². The van der Waals surface area contributed by atoms with Crippen LogP contribution in [0.3, 0.4) is 0 Å². The highest BCUT2D eigenvalue weighted by Gasteiger charge is 2.19. The smallest absolute Gasteiger partial charge is 0.191 e. The van der Waals surface area contributed by atoms with Crippen LogP contribution >= 0.6 is 11.3 Å². The highest BCUT2D eigenvalue weighted by Crippen LogP contribution is 2.20. The van der Waals surface area contributed by atoms with Crippen molar-refractivity contribution < 1.29 is 4.74 Å². The van der Waals surface area contributed by atoms with E-state index in [1.54, 1.807) is 7.11 Å². The molecule has 2 heterocycles. The van der Waals surface area contributed by atoms with Crippen LogP contribution in [0.4, 0.5) is 0 Å². The zero-order chi connectivity index (χ0) is 19.6. The van der Waals surface area contributed by atoms with Gasteiger partial charge in [-0.15, -0.1) is 11.3 Å². The molecule has 1 aromatic carbocycles. The maximum Gasteiger partial charge on any atom is 0.191 e. The van der Waals surface area contributed by atoms with Crippen LogP contribution in [0.25, 0.3) is 0 Å². The normalized spacial score (nSPS) is 16.1. The third-order valence-corrected chi connectivity index (χ3v) is 6.01. The number of rotatable bonds is 8. The monoisotopic (exact) mass is 400 g/mol. The maximum atomic E-state index is 5.21. The second kappa shape index (κ2) is 11.1. The highest BCUT2D eigenvalue weighted by molar-refractivity contribution is 7.09. The third-order valence-electron chi connectivity index (χ3n) is 5.15. The summed E-state index contributed by atoms with van der Waals surface area (Å²) in [6, 6.07) is 12.5. The molecule has 28 heavy (non-hydrogen) atoms. The summed E-state index contributed by atoms with van der Waals surface area (Å²) in [5.41, 5.74) is 1.18. The van der Waals surface area contributed by atoms with Gasteiger partial charge >= 0.3 is 0 Å². The van der Waals surface area contributed by atoms with Crippen molar-refractivity contribution in [3.05, 3.63) is 52.2 Å². The van der Waals surface area contributed by atoms with Gasteiger partial charge in [0, 0.05) is 24.5 Å². The molecule has 0 unspecified atom stereocenters. The SMILES string of the molecule is CCNC(=NCc1ccc(OC)cc1)NCC1CCN(Cc2cccs2)CC1. The third kappa shape index (κ3) is 6.53. The lowest BCUT2D eigenvalue weighted by atomic mass is 9.97. The number of likely N-dealkylation sites (tertiary alicyclic amines) is 1. The zero-order valence-corrected chi connectivity index (χ0v) is 17.8. The van der Waals surface area contributed by atoms with Crippen LogP contribution in [-0.2, 0) is 13.1 Å². The number of benzene rings is 1. The molecular weight excluding hydrogens is 368 g/mol. The average molecular weight is 401 g/mol. The lowest BCUT2D eigenvalue weighted by Gasteiger charge is -2.32. The van der Waals surface area contributed by atoms with E-state index >= 15 is 0 Å². The lowest BCUT2D eigenvalue weighted by Crippen LogP contribution is -2.42. The van der Waals surface area contributed by atoms with Crippen LogP contribution < -0.4 is 15.4 Å². The molecule has 1 aliphatic heterocycles.